The molecule has 2 N–H and O–H groups in total. The summed E-state index contributed by atoms with van der Waals surface area (Å²) >= 11 is 0. The topological polar surface area (TPSA) is 63.4 Å². The Balaban J connectivity index is 2.27. The lowest BCUT2D eigenvalue weighted by Gasteiger charge is -2.14. The quantitative estimate of drug-likeness (QED) is 0.670. The summed E-state index contributed by atoms with van der Waals surface area (Å²) < 4.78 is 22.4. The van der Waals surface area contributed by atoms with Crippen LogP contribution < -0.4 is 5.73 Å². The zero-order valence-electron chi connectivity index (χ0n) is 8.07. The molecule has 0 aromatic heterocycles. The molecule has 0 aliphatic carbocycles. The third-order valence-electron chi connectivity index (χ3n) is 2.47. The SMILES string of the molecule is CCS(=O)(=O)CCN1CC[C@@H](N)C1. The molecule has 1 atom stereocenters. The second-order valence-electron chi connectivity index (χ2n) is 3.59. The number of nitrogens with zero attached hydrogens (tertiary/aromatic N) is 1. The van der Waals surface area contributed by atoms with Crippen LogP contribution in [-0.2, 0) is 9.84 Å². The van der Waals surface area contributed by atoms with Gasteiger partial charge in [-0.05, 0) is 13.0 Å². The number of hydrogen-bond donors (Lipinski definition) is 1. The first-order chi connectivity index (χ1) is 6.03. The normalized spacial score (nSPS) is 25.2. The van der Waals surface area contributed by atoms with Crippen molar-refractivity contribution in [3.8, 4) is 0 Å². The summed E-state index contributed by atoms with van der Waals surface area (Å²) in [5.74, 6) is 0.517. The summed E-state index contributed by atoms with van der Waals surface area (Å²) in [5, 5.41) is 0. The Morgan fingerprint density at radius 3 is 2.69 bits per heavy atom. The molecule has 0 amide bonds. The summed E-state index contributed by atoms with van der Waals surface area (Å²) in [6.45, 7) is 4.12. The number of rotatable bonds is 4. The Labute approximate surface area is 80.0 Å². The van der Waals surface area contributed by atoms with E-state index in [0.29, 0.717) is 6.54 Å². The van der Waals surface area contributed by atoms with Gasteiger partial charge in [0.25, 0.3) is 0 Å². The first kappa shape index (κ1) is 10.9. The monoisotopic (exact) mass is 206 g/mol. The minimum Gasteiger partial charge on any atom is -0.326 e. The number of sulfone groups is 1. The second-order valence-corrected chi connectivity index (χ2v) is 6.06. The van der Waals surface area contributed by atoms with Gasteiger partial charge in [0.1, 0.15) is 0 Å². The molecule has 0 bridgehead atoms. The maximum Gasteiger partial charge on any atom is 0.151 e. The fourth-order valence-corrected chi connectivity index (χ4v) is 2.30. The van der Waals surface area contributed by atoms with Crippen LogP contribution in [0.3, 0.4) is 0 Å². The molecule has 0 aromatic carbocycles. The fourth-order valence-electron chi connectivity index (χ4n) is 1.48. The van der Waals surface area contributed by atoms with Crippen molar-refractivity contribution in [1.29, 1.82) is 0 Å². The molecule has 1 rings (SSSR count). The molecule has 1 saturated heterocycles. The van der Waals surface area contributed by atoms with Crippen LogP contribution in [0.15, 0.2) is 0 Å². The van der Waals surface area contributed by atoms with E-state index in [1.54, 1.807) is 6.92 Å². The second kappa shape index (κ2) is 4.39. The van der Waals surface area contributed by atoms with Gasteiger partial charge in [0.05, 0.1) is 5.75 Å². The summed E-state index contributed by atoms with van der Waals surface area (Å²) in [5.41, 5.74) is 5.71. The van der Waals surface area contributed by atoms with E-state index in [0.717, 1.165) is 19.5 Å². The average molecular weight is 206 g/mol. The van der Waals surface area contributed by atoms with Crippen LogP contribution in [0.1, 0.15) is 13.3 Å². The van der Waals surface area contributed by atoms with E-state index < -0.39 is 9.84 Å². The largest absolute Gasteiger partial charge is 0.326 e. The summed E-state index contributed by atoms with van der Waals surface area (Å²) in [6, 6.07) is 0.240. The van der Waals surface area contributed by atoms with Crippen molar-refractivity contribution in [2.24, 2.45) is 5.73 Å². The highest BCUT2D eigenvalue weighted by Crippen LogP contribution is 2.06. The van der Waals surface area contributed by atoms with Gasteiger partial charge in [-0.3, -0.25) is 0 Å². The molecule has 0 aromatic rings. The van der Waals surface area contributed by atoms with Crippen LogP contribution in [0.5, 0.6) is 0 Å². The fraction of sp³-hybridized carbons (Fsp3) is 1.00. The van der Waals surface area contributed by atoms with Gasteiger partial charge in [0, 0.05) is 24.9 Å². The van der Waals surface area contributed by atoms with Gasteiger partial charge in [-0.25, -0.2) is 8.42 Å². The number of nitrogens with two attached hydrogens (primary N) is 1. The molecule has 1 fully saturated rings. The van der Waals surface area contributed by atoms with Crippen LogP contribution in [0.2, 0.25) is 0 Å². The van der Waals surface area contributed by atoms with E-state index in [2.05, 4.69) is 4.90 Å². The van der Waals surface area contributed by atoms with Crippen molar-refractivity contribution >= 4 is 9.84 Å². The van der Waals surface area contributed by atoms with E-state index >= 15 is 0 Å². The predicted octanol–water partition coefficient (Wildman–Crippen LogP) is -0.546. The molecule has 1 aliphatic rings. The summed E-state index contributed by atoms with van der Waals surface area (Å²) in [6.07, 6.45) is 0.992. The molecule has 5 heteroatoms. The molecule has 1 aliphatic heterocycles. The lowest BCUT2D eigenvalue weighted by Crippen LogP contribution is -2.30. The van der Waals surface area contributed by atoms with Crippen molar-refractivity contribution in [2.75, 3.05) is 31.1 Å². The van der Waals surface area contributed by atoms with Crippen LogP contribution in [0.25, 0.3) is 0 Å². The molecule has 4 nitrogen and oxygen atoms in total. The number of hydrogen-bond acceptors (Lipinski definition) is 4. The van der Waals surface area contributed by atoms with Crippen molar-refractivity contribution in [2.45, 2.75) is 19.4 Å². The zero-order valence-corrected chi connectivity index (χ0v) is 8.89. The van der Waals surface area contributed by atoms with Crippen molar-refractivity contribution in [1.82, 2.24) is 4.90 Å². The maximum atomic E-state index is 11.2. The van der Waals surface area contributed by atoms with Gasteiger partial charge in [-0.2, -0.15) is 0 Å². The molecule has 0 spiro atoms. The standard InChI is InChI=1S/C8H18N2O2S/c1-2-13(11,12)6-5-10-4-3-8(9)7-10/h8H,2-7,9H2,1H3/t8-/m1/s1. The molecule has 0 radical (unpaired) electrons. The lowest BCUT2D eigenvalue weighted by molar-refractivity contribution is 0.354. The van der Waals surface area contributed by atoms with Gasteiger partial charge in [-0.1, -0.05) is 6.92 Å². The van der Waals surface area contributed by atoms with E-state index in [4.69, 9.17) is 5.73 Å². The Morgan fingerprint density at radius 2 is 2.23 bits per heavy atom. The molecule has 0 saturated carbocycles. The van der Waals surface area contributed by atoms with E-state index in [1.807, 2.05) is 0 Å². The van der Waals surface area contributed by atoms with Crippen molar-refractivity contribution < 1.29 is 8.42 Å². The Hall–Kier alpha value is -0.130. The zero-order chi connectivity index (χ0) is 9.90. The maximum absolute atomic E-state index is 11.2. The first-order valence-corrected chi connectivity index (χ1v) is 6.54. The number of likely N-dealkylation sites (tertiary alicyclic amines) is 1. The molecule has 13 heavy (non-hydrogen) atoms. The highest BCUT2D eigenvalue weighted by atomic mass is 32.2. The minimum atomic E-state index is -2.81. The molecule has 78 valence electrons. The molecular formula is C8H18N2O2S. The van der Waals surface area contributed by atoms with Crippen LogP contribution in [0.4, 0.5) is 0 Å². The Morgan fingerprint density at radius 1 is 1.54 bits per heavy atom. The minimum absolute atomic E-state index is 0.240. The van der Waals surface area contributed by atoms with E-state index in [-0.39, 0.29) is 17.5 Å². The predicted molar refractivity (Wildman–Crippen MR) is 53.4 cm³/mol. The Bertz CT molecular complexity index is 251. The van der Waals surface area contributed by atoms with E-state index in [9.17, 15) is 8.42 Å². The van der Waals surface area contributed by atoms with Crippen LogP contribution in [-0.4, -0.2) is 50.5 Å². The van der Waals surface area contributed by atoms with Gasteiger partial charge in [0.15, 0.2) is 9.84 Å². The van der Waals surface area contributed by atoms with Crippen LogP contribution >= 0.6 is 0 Å². The van der Waals surface area contributed by atoms with Crippen LogP contribution in [0, 0.1) is 0 Å². The molecule has 0 unspecified atom stereocenters. The summed E-state index contributed by atoms with van der Waals surface area (Å²) in [4.78, 5) is 2.12. The Kier molecular flexibility index (Phi) is 3.70. The highest BCUT2D eigenvalue weighted by Gasteiger charge is 2.20. The molecule has 1 heterocycles. The van der Waals surface area contributed by atoms with Gasteiger partial charge < -0.3 is 10.6 Å². The molecular weight excluding hydrogens is 188 g/mol. The van der Waals surface area contributed by atoms with Gasteiger partial charge in [-0.15, -0.1) is 0 Å². The van der Waals surface area contributed by atoms with Crippen molar-refractivity contribution in [3.05, 3.63) is 0 Å². The lowest BCUT2D eigenvalue weighted by atomic mass is 10.3. The van der Waals surface area contributed by atoms with Gasteiger partial charge >= 0.3 is 0 Å². The third kappa shape index (κ3) is 3.62. The summed E-state index contributed by atoms with van der Waals surface area (Å²) in [7, 11) is -2.81. The third-order valence-corrected chi connectivity index (χ3v) is 4.15. The highest BCUT2D eigenvalue weighted by molar-refractivity contribution is 7.91. The van der Waals surface area contributed by atoms with Gasteiger partial charge in [0.2, 0.25) is 0 Å². The average Bonchev–Trinajstić information content (AvgIpc) is 2.48. The smallest absolute Gasteiger partial charge is 0.151 e. The van der Waals surface area contributed by atoms with Crippen molar-refractivity contribution in [3.63, 3.8) is 0 Å². The first-order valence-electron chi connectivity index (χ1n) is 4.72. The van der Waals surface area contributed by atoms with E-state index in [1.165, 1.54) is 0 Å².